The molecule has 0 spiro atoms. The largest absolute Gasteiger partial charge is 0.454 e. The van der Waals surface area contributed by atoms with Crippen LogP contribution in [-0.4, -0.2) is 71.7 Å². The van der Waals surface area contributed by atoms with Gasteiger partial charge in [0.2, 0.25) is 12.7 Å². The van der Waals surface area contributed by atoms with E-state index in [0.29, 0.717) is 18.4 Å². The summed E-state index contributed by atoms with van der Waals surface area (Å²) in [5.74, 6) is 2.32. The van der Waals surface area contributed by atoms with Gasteiger partial charge in [0.25, 0.3) is 5.91 Å². The Bertz CT molecular complexity index is 892. The molecule has 3 aliphatic heterocycles. The van der Waals surface area contributed by atoms with Crippen molar-refractivity contribution in [2.75, 3.05) is 51.0 Å². The molecule has 29 heavy (non-hydrogen) atoms. The molecule has 0 N–H and O–H groups in total. The zero-order chi connectivity index (χ0) is 19.6. The van der Waals surface area contributed by atoms with Gasteiger partial charge in [0, 0.05) is 52.0 Å². The standard InChI is InChI=1S/C21H25N5O3/c27-20(25-7-1-2-8-25)17-5-6-22-21(23-17)26-11-9-24(10-12-26)14-16-3-4-18-19(13-16)29-15-28-18/h3-6,13H,1-2,7-12,14-15H2. The number of carbonyl (C=O) groups is 1. The van der Waals surface area contributed by atoms with E-state index in [1.807, 2.05) is 11.0 Å². The van der Waals surface area contributed by atoms with Crippen LogP contribution in [0.4, 0.5) is 5.95 Å². The average molecular weight is 395 g/mol. The summed E-state index contributed by atoms with van der Waals surface area (Å²) in [6.07, 6.45) is 3.86. The van der Waals surface area contributed by atoms with Crippen LogP contribution in [0.25, 0.3) is 0 Å². The molecule has 3 aliphatic rings. The van der Waals surface area contributed by atoms with Crippen LogP contribution in [-0.2, 0) is 6.54 Å². The second-order valence-corrected chi connectivity index (χ2v) is 7.69. The van der Waals surface area contributed by atoms with Gasteiger partial charge < -0.3 is 19.3 Å². The third-order valence-electron chi connectivity index (χ3n) is 5.75. The number of carbonyl (C=O) groups excluding carboxylic acids is 1. The predicted octanol–water partition coefficient (Wildman–Crippen LogP) is 1.76. The maximum absolute atomic E-state index is 12.6. The summed E-state index contributed by atoms with van der Waals surface area (Å²) in [6.45, 7) is 6.35. The van der Waals surface area contributed by atoms with Crippen LogP contribution in [0.1, 0.15) is 28.9 Å². The number of aromatic nitrogens is 2. The summed E-state index contributed by atoms with van der Waals surface area (Å²) < 4.78 is 10.9. The lowest BCUT2D eigenvalue weighted by Crippen LogP contribution is -2.46. The Kier molecular flexibility index (Phi) is 4.93. The monoisotopic (exact) mass is 395 g/mol. The highest BCUT2D eigenvalue weighted by molar-refractivity contribution is 5.92. The molecule has 4 heterocycles. The van der Waals surface area contributed by atoms with E-state index in [1.54, 1.807) is 12.3 Å². The third-order valence-corrected chi connectivity index (χ3v) is 5.75. The minimum absolute atomic E-state index is 0.0209. The van der Waals surface area contributed by atoms with E-state index in [1.165, 1.54) is 5.56 Å². The summed E-state index contributed by atoms with van der Waals surface area (Å²) in [7, 11) is 0. The number of benzene rings is 1. The zero-order valence-corrected chi connectivity index (χ0v) is 16.4. The van der Waals surface area contributed by atoms with Crippen LogP contribution in [0.15, 0.2) is 30.5 Å². The Morgan fingerprint density at radius 2 is 1.76 bits per heavy atom. The van der Waals surface area contributed by atoms with Gasteiger partial charge in [-0.25, -0.2) is 9.97 Å². The van der Waals surface area contributed by atoms with Gasteiger partial charge in [0.05, 0.1) is 0 Å². The quantitative estimate of drug-likeness (QED) is 0.781. The van der Waals surface area contributed by atoms with Gasteiger partial charge in [-0.05, 0) is 36.6 Å². The first-order valence-electron chi connectivity index (χ1n) is 10.2. The summed E-state index contributed by atoms with van der Waals surface area (Å²) in [5.41, 5.74) is 1.72. The molecule has 1 amide bonds. The van der Waals surface area contributed by atoms with Gasteiger partial charge in [-0.3, -0.25) is 9.69 Å². The lowest BCUT2D eigenvalue weighted by Gasteiger charge is -2.34. The molecule has 8 heteroatoms. The van der Waals surface area contributed by atoms with E-state index < -0.39 is 0 Å². The number of likely N-dealkylation sites (tertiary alicyclic amines) is 1. The third kappa shape index (κ3) is 3.85. The van der Waals surface area contributed by atoms with Crippen molar-refractivity contribution in [2.45, 2.75) is 19.4 Å². The number of piperazine rings is 1. The molecule has 0 atom stereocenters. The summed E-state index contributed by atoms with van der Waals surface area (Å²) in [4.78, 5) is 28.0. The van der Waals surface area contributed by atoms with Crippen molar-refractivity contribution in [1.29, 1.82) is 0 Å². The summed E-state index contributed by atoms with van der Waals surface area (Å²) >= 11 is 0. The maximum Gasteiger partial charge on any atom is 0.272 e. The molecule has 0 radical (unpaired) electrons. The Labute approximate surface area is 170 Å². The van der Waals surface area contributed by atoms with Gasteiger partial charge in [0.15, 0.2) is 11.5 Å². The number of ether oxygens (including phenoxy) is 2. The Morgan fingerprint density at radius 1 is 0.966 bits per heavy atom. The minimum Gasteiger partial charge on any atom is -0.454 e. The SMILES string of the molecule is O=C(c1ccnc(N2CCN(Cc3ccc4c(c3)OCO4)CC2)n1)N1CCCC1. The first-order chi connectivity index (χ1) is 14.3. The topological polar surface area (TPSA) is 71.0 Å². The molecule has 1 aromatic carbocycles. The fourth-order valence-corrected chi connectivity index (χ4v) is 4.11. The van der Waals surface area contributed by atoms with Crippen LogP contribution in [0.2, 0.25) is 0 Å². The fraction of sp³-hybridized carbons (Fsp3) is 0.476. The normalized spacial score (nSPS) is 19.0. The first-order valence-corrected chi connectivity index (χ1v) is 10.2. The number of anilines is 1. The smallest absolute Gasteiger partial charge is 0.272 e. The van der Waals surface area contributed by atoms with Crippen LogP contribution in [0, 0.1) is 0 Å². The summed E-state index contributed by atoms with van der Waals surface area (Å²) in [6, 6.07) is 7.85. The molecule has 152 valence electrons. The molecule has 0 saturated carbocycles. The molecule has 2 saturated heterocycles. The molecule has 0 unspecified atom stereocenters. The number of amides is 1. The first kappa shape index (κ1) is 18.2. The number of nitrogens with zero attached hydrogens (tertiary/aromatic N) is 5. The highest BCUT2D eigenvalue weighted by Crippen LogP contribution is 2.32. The van der Waals surface area contributed by atoms with E-state index in [0.717, 1.165) is 70.2 Å². The van der Waals surface area contributed by atoms with Crippen molar-refractivity contribution in [3.63, 3.8) is 0 Å². The Balaban J connectivity index is 1.19. The average Bonchev–Trinajstić information content (AvgIpc) is 3.46. The maximum atomic E-state index is 12.6. The molecule has 2 aromatic rings. The van der Waals surface area contributed by atoms with Crippen LogP contribution in [0.3, 0.4) is 0 Å². The van der Waals surface area contributed by atoms with Crippen LogP contribution < -0.4 is 14.4 Å². The van der Waals surface area contributed by atoms with Gasteiger partial charge in [-0.15, -0.1) is 0 Å². The van der Waals surface area contributed by atoms with Crippen LogP contribution in [0.5, 0.6) is 11.5 Å². The number of hydrogen-bond donors (Lipinski definition) is 0. The zero-order valence-electron chi connectivity index (χ0n) is 16.4. The highest BCUT2D eigenvalue weighted by atomic mass is 16.7. The summed E-state index contributed by atoms with van der Waals surface area (Å²) in [5, 5.41) is 0. The number of hydrogen-bond acceptors (Lipinski definition) is 7. The molecule has 8 nitrogen and oxygen atoms in total. The van der Waals surface area contributed by atoms with E-state index in [9.17, 15) is 4.79 Å². The highest BCUT2D eigenvalue weighted by Gasteiger charge is 2.24. The molecule has 1 aromatic heterocycles. The van der Waals surface area contributed by atoms with Crippen molar-refractivity contribution < 1.29 is 14.3 Å². The minimum atomic E-state index is 0.0209. The number of fused-ring (bicyclic) bond motifs is 1. The van der Waals surface area contributed by atoms with E-state index >= 15 is 0 Å². The van der Waals surface area contributed by atoms with E-state index in [-0.39, 0.29) is 5.91 Å². The van der Waals surface area contributed by atoms with Crippen molar-refractivity contribution in [2.24, 2.45) is 0 Å². The van der Waals surface area contributed by atoms with Crippen molar-refractivity contribution in [3.8, 4) is 11.5 Å². The molecular weight excluding hydrogens is 370 g/mol. The second kappa shape index (κ2) is 7.87. The van der Waals surface area contributed by atoms with Crippen molar-refractivity contribution in [3.05, 3.63) is 41.7 Å². The fourth-order valence-electron chi connectivity index (χ4n) is 4.11. The lowest BCUT2D eigenvalue weighted by molar-refractivity contribution is 0.0787. The van der Waals surface area contributed by atoms with Gasteiger partial charge >= 0.3 is 0 Å². The second-order valence-electron chi connectivity index (χ2n) is 7.69. The predicted molar refractivity (Wildman–Crippen MR) is 107 cm³/mol. The van der Waals surface area contributed by atoms with Gasteiger partial charge in [-0.1, -0.05) is 6.07 Å². The number of rotatable bonds is 4. The molecule has 0 aliphatic carbocycles. The molecule has 0 bridgehead atoms. The van der Waals surface area contributed by atoms with Gasteiger partial charge in [0.1, 0.15) is 5.69 Å². The van der Waals surface area contributed by atoms with E-state index in [2.05, 4.69) is 31.9 Å². The van der Waals surface area contributed by atoms with Crippen LogP contribution >= 0.6 is 0 Å². The Morgan fingerprint density at radius 3 is 2.59 bits per heavy atom. The molecule has 5 rings (SSSR count). The molecule has 2 fully saturated rings. The van der Waals surface area contributed by atoms with Gasteiger partial charge in [-0.2, -0.15) is 0 Å². The van der Waals surface area contributed by atoms with Crippen molar-refractivity contribution in [1.82, 2.24) is 19.8 Å². The lowest BCUT2D eigenvalue weighted by atomic mass is 10.1. The molecular formula is C21H25N5O3. The van der Waals surface area contributed by atoms with E-state index in [4.69, 9.17) is 9.47 Å². The Hall–Kier alpha value is -2.87. The van der Waals surface area contributed by atoms with Crippen molar-refractivity contribution >= 4 is 11.9 Å².